The minimum Gasteiger partial charge on any atom is -0.497 e. The van der Waals surface area contributed by atoms with Crippen LogP contribution in [0.1, 0.15) is 32.8 Å². The van der Waals surface area contributed by atoms with Gasteiger partial charge in [0.2, 0.25) is 0 Å². The van der Waals surface area contributed by atoms with Crippen molar-refractivity contribution in [3.63, 3.8) is 0 Å². The predicted octanol–water partition coefficient (Wildman–Crippen LogP) is 4.54. The molecule has 144 valence electrons. The number of halogens is 3. The highest BCUT2D eigenvalue weighted by atomic mass is 32.2. The van der Waals surface area contributed by atoms with Gasteiger partial charge in [-0.1, -0.05) is 0 Å². The van der Waals surface area contributed by atoms with Crippen LogP contribution in [0.4, 0.5) is 23.7 Å². The van der Waals surface area contributed by atoms with Gasteiger partial charge in [-0.25, -0.2) is 4.79 Å². The first-order valence-electron chi connectivity index (χ1n) is 8.17. The van der Waals surface area contributed by atoms with Crippen molar-refractivity contribution in [3.05, 3.63) is 23.8 Å². The average Bonchev–Trinajstić information content (AvgIpc) is 2.96. The number of hydrogen-bond donors (Lipinski definition) is 1. The summed E-state index contributed by atoms with van der Waals surface area (Å²) in [5.41, 5.74) is -4.11. The topological polar surface area (TPSA) is 50.8 Å². The molecule has 1 amide bonds. The molecule has 0 spiro atoms. The van der Waals surface area contributed by atoms with E-state index in [9.17, 15) is 18.0 Å². The monoisotopic (exact) mass is 390 g/mol. The van der Waals surface area contributed by atoms with Gasteiger partial charge in [0.05, 0.1) is 11.9 Å². The lowest BCUT2D eigenvalue weighted by Gasteiger charge is -2.33. The van der Waals surface area contributed by atoms with Gasteiger partial charge in [0.15, 0.2) is 0 Å². The molecule has 2 aliphatic rings. The number of ether oxygens (including phenoxy) is 2. The van der Waals surface area contributed by atoms with Crippen molar-refractivity contribution in [2.45, 2.75) is 49.2 Å². The van der Waals surface area contributed by atoms with Crippen LogP contribution < -0.4 is 10.1 Å². The van der Waals surface area contributed by atoms with Crippen molar-refractivity contribution in [2.24, 2.45) is 0 Å². The predicted molar refractivity (Wildman–Crippen MR) is 93.3 cm³/mol. The number of benzene rings is 1. The second-order valence-electron chi connectivity index (χ2n) is 7.32. The summed E-state index contributed by atoms with van der Waals surface area (Å²) in [5.74, 6) is 0.476. The number of amides is 1. The summed E-state index contributed by atoms with van der Waals surface area (Å²) in [6, 6.07) is 4.97. The van der Waals surface area contributed by atoms with Crippen LogP contribution >= 0.6 is 11.8 Å². The molecule has 1 N–H and O–H groups in total. The summed E-state index contributed by atoms with van der Waals surface area (Å²) in [4.78, 5) is 13.9. The Morgan fingerprint density at radius 2 is 2.04 bits per heavy atom. The Labute approximate surface area is 154 Å². The molecule has 1 aromatic rings. The fraction of sp³-hybridized carbons (Fsp3) is 0.588. The fourth-order valence-corrected chi connectivity index (χ4v) is 4.62. The van der Waals surface area contributed by atoms with E-state index < -0.39 is 28.1 Å². The highest BCUT2D eigenvalue weighted by Gasteiger charge is 2.60. The minimum atomic E-state index is -4.45. The van der Waals surface area contributed by atoms with Crippen LogP contribution in [-0.4, -0.2) is 41.9 Å². The number of fused-ring (bicyclic) bond motifs is 3. The molecule has 1 fully saturated rings. The molecule has 0 aliphatic carbocycles. The van der Waals surface area contributed by atoms with Gasteiger partial charge in [-0.15, -0.1) is 0 Å². The Balaban J connectivity index is 2.00. The first-order chi connectivity index (χ1) is 12.0. The normalized spacial score (nSPS) is 24.7. The van der Waals surface area contributed by atoms with Gasteiger partial charge in [0, 0.05) is 12.2 Å². The number of rotatable bonds is 2. The first-order valence-corrected chi connectivity index (χ1v) is 8.98. The largest absolute Gasteiger partial charge is 0.497 e. The Hall–Kier alpha value is -1.77. The molecule has 2 aliphatic heterocycles. The van der Waals surface area contributed by atoms with E-state index in [1.807, 2.05) is 0 Å². The summed E-state index contributed by atoms with van der Waals surface area (Å²) in [6.45, 7) is 5.34. The van der Waals surface area contributed by atoms with Gasteiger partial charge >= 0.3 is 11.6 Å². The lowest BCUT2D eigenvalue weighted by atomic mass is 9.97. The van der Waals surface area contributed by atoms with Crippen molar-refractivity contribution in [1.29, 1.82) is 0 Å². The van der Waals surface area contributed by atoms with Crippen LogP contribution in [0.15, 0.2) is 18.2 Å². The lowest BCUT2D eigenvalue weighted by Crippen LogP contribution is -2.47. The van der Waals surface area contributed by atoms with Gasteiger partial charge in [-0.05, 0) is 62.7 Å². The summed E-state index contributed by atoms with van der Waals surface area (Å²) in [6.07, 6.45) is -1.31. The maximum atomic E-state index is 13.4. The van der Waals surface area contributed by atoms with Crippen LogP contribution in [0, 0.1) is 0 Å². The molecule has 5 nitrogen and oxygen atoms in total. The Kier molecular flexibility index (Phi) is 4.49. The third-order valence-electron chi connectivity index (χ3n) is 4.38. The summed E-state index contributed by atoms with van der Waals surface area (Å²) < 4.78 is 49.4. The number of nitrogens with zero attached hydrogens (tertiary/aromatic N) is 1. The van der Waals surface area contributed by atoms with E-state index in [2.05, 4.69) is 5.32 Å². The van der Waals surface area contributed by atoms with Crippen LogP contribution in [-0.2, 0) is 9.48 Å². The molecule has 0 radical (unpaired) electrons. The molecule has 0 bridgehead atoms. The van der Waals surface area contributed by atoms with E-state index in [0.29, 0.717) is 17.0 Å². The standard InChI is InChI=1S/C17H21F3N2O3S/c1-15(2,3)25-14(23)22-8-7-16(26-17(18,19)20)11-9-10(24-4)5-6-12(11)21-13(16)22/h5-6,9,13,21H,7-8H2,1-4H3/t13-,16+/m1/s1. The van der Waals surface area contributed by atoms with Gasteiger partial charge in [-0.2, -0.15) is 13.2 Å². The summed E-state index contributed by atoms with van der Waals surface area (Å²) >= 11 is -0.0841. The maximum absolute atomic E-state index is 13.4. The average molecular weight is 390 g/mol. The second kappa shape index (κ2) is 6.14. The third kappa shape index (κ3) is 3.41. The minimum absolute atomic E-state index is 0.0841. The highest BCUT2D eigenvalue weighted by molar-refractivity contribution is 8.01. The Morgan fingerprint density at radius 3 is 2.62 bits per heavy atom. The SMILES string of the molecule is COc1ccc2c(c1)[C@@]1(SC(F)(F)F)CCN(C(=O)OC(C)(C)C)[C@H]1N2. The number of nitrogens with one attached hydrogen (secondary N) is 1. The van der Waals surface area contributed by atoms with Gasteiger partial charge < -0.3 is 14.8 Å². The van der Waals surface area contributed by atoms with Crippen LogP contribution in [0.5, 0.6) is 5.75 Å². The molecule has 1 aromatic carbocycles. The van der Waals surface area contributed by atoms with E-state index in [-0.39, 0.29) is 24.7 Å². The number of carbonyl (C=O) groups excluding carboxylic acids is 1. The smallest absolute Gasteiger partial charge is 0.442 e. The molecule has 0 saturated carbocycles. The van der Waals surface area contributed by atoms with Crippen molar-refractivity contribution in [3.8, 4) is 5.75 Å². The number of hydrogen-bond acceptors (Lipinski definition) is 5. The van der Waals surface area contributed by atoms with E-state index in [1.54, 1.807) is 39.0 Å². The molecule has 26 heavy (non-hydrogen) atoms. The highest BCUT2D eigenvalue weighted by Crippen LogP contribution is 2.60. The summed E-state index contributed by atoms with van der Waals surface area (Å²) in [7, 11) is 1.47. The van der Waals surface area contributed by atoms with Crippen LogP contribution in [0.25, 0.3) is 0 Å². The van der Waals surface area contributed by atoms with Crippen LogP contribution in [0.3, 0.4) is 0 Å². The number of alkyl halides is 3. The number of thioether (sulfide) groups is 1. The number of carbonyl (C=O) groups is 1. The van der Waals surface area contributed by atoms with Crippen molar-refractivity contribution >= 4 is 23.5 Å². The molecule has 2 heterocycles. The Morgan fingerprint density at radius 1 is 1.35 bits per heavy atom. The lowest BCUT2D eigenvalue weighted by molar-refractivity contribution is -0.0348. The van der Waals surface area contributed by atoms with Gasteiger partial charge in [0.25, 0.3) is 0 Å². The van der Waals surface area contributed by atoms with Crippen LogP contribution in [0.2, 0.25) is 0 Å². The van der Waals surface area contributed by atoms with Crippen molar-refractivity contribution in [1.82, 2.24) is 4.90 Å². The molecular weight excluding hydrogens is 369 g/mol. The fourth-order valence-electron chi connectivity index (χ4n) is 3.44. The van der Waals surface area contributed by atoms with E-state index in [0.717, 1.165) is 0 Å². The van der Waals surface area contributed by atoms with Gasteiger partial charge in [0.1, 0.15) is 17.5 Å². The molecule has 2 atom stereocenters. The summed E-state index contributed by atoms with van der Waals surface area (Å²) in [5, 5.41) is 3.08. The van der Waals surface area contributed by atoms with Crippen molar-refractivity contribution in [2.75, 3.05) is 19.0 Å². The molecule has 0 aromatic heterocycles. The molecule has 1 saturated heterocycles. The maximum Gasteiger partial charge on any atom is 0.442 e. The first kappa shape index (κ1) is 19.0. The Bertz CT molecular complexity index is 720. The number of methoxy groups -OCH3 is 1. The second-order valence-corrected chi connectivity index (χ2v) is 8.71. The van der Waals surface area contributed by atoms with Gasteiger partial charge in [-0.3, -0.25) is 4.90 Å². The number of anilines is 1. The quantitative estimate of drug-likeness (QED) is 0.804. The van der Waals surface area contributed by atoms with E-state index in [4.69, 9.17) is 9.47 Å². The third-order valence-corrected chi connectivity index (χ3v) is 5.62. The zero-order valence-electron chi connectivity index (χ0n) is 14.9. The van der Waals surface area contributed by atoms with Crippen molar-refractivity contribution < 1.29 is 27.4 Å². The molecule has 9 heteroatoms. The van der Waals surface area contributed by atoms with E-state index >= 15 is 0 Å². The zero-order chi connectivity index (χ0) is 19.3. The zero-order valence-corrected chi connectivity index (χ0v) is 15.8. The van der Waals surface area contributed by atoms with E-state index in [1.165, 1.54) is 12.0 Å². The molecule has 0 unspecified atom stereocenters. The number of likely N-dealkylation sites (tertiary alicyclic amines) is 1. The molecular formula is C17H21F3N2O3S. The molecule has 3 rings (SSSR count).